The monoisotopic (exact) mass is 435 g/mol. The first-order valence-corrected chi connectivity index (χ1v) is 11.6. The van der Waals surface area contributed by atoms with Gasteiger partial charge < -0.3 is 10.4 Å². The predicted octanol–water partition coefficient (Wildman–Crippen LogP) is 4.50. The van der Waals surface area contributed by atoms with Gasteiger partial charge in [0.05, 0.1) is 18.7 Å². The third-order valence-electron chi connectivity index (χ3n) is 7.14. The summed E-state index contributed by atoms with van der Waals surface area (Å²) in [7, 11) is 0. The summed E-state index contributed by atoms with van der Waals surface area (Å²) in [6.45, 7) is 4.92. The molecular formula is C26H33N3O3. The molecule has 32 heavy (non-hydrogen) atoms. The van der Waals surface area contributed by atoms with Gasteiger partial charge in [-0.25, -0.2) is 0 Å². The van der Waals surface area contributed by atoms with Crippen molar-refractivity contribution in [2.24, 2.45) is 5.41 Å². The largest absolute Gasteiger partial charge is 0.481 e. The predicted molar refractivity (Wildman–Crippen MR) is 123 cm³/mol. The highest BCUT2D eigenvalue weighted by molar-refractivity contribution is 5.78. The van der Waals surface area contributed by atoms with Crippen LogP contribution in [0.1, 0.15) is 73.4 Å². The van der Waals surface area contributed by atoms with Crippen LogP contribution < -0.4 is 5.32 Å². The van der Waals surface area contributed by atoms with Gasteiger partial charge in [0.1, 0.15) is 0 Å². The molecule has 2 atom stereocenters. The quantitative estimate of drug-likeness (QED) is 0.598. The van der Waals surface area contributed by atoms with Gasteiger partial charge >= 0.3 is 5.97 Å². The van der Waals surface area contributed by atoms with Gasteiger partial charge in [-0.3, -0.25) is 14.3 Å². The number of carbonyl (C=O) groups is 2. The summed E-state index contributed by atoms with van der Waals surface area (Å²) < 4.78 is 2.06. The molecule has 170 valence electrons. The minimum absolute atomic E-state index is 0.0212. The maximum absolute atomic E-state index is 12.8. The fraction of sp³-hybridized carbons (Fsp3) is 0.500. The van der Waals surface area contributed by atoms with Crippen LogP contribution in [-0.4, -0.2) is 32.8 Å². The third kappa shape index (κ3) is 4.95. The molecule has 0 spiro atoms. The maximum atomic E-state index is 12.8. The Hall–Kier alpha value is -2.89. The van der Waals surface area contributed by atoms with E-state index in [1.165, 1.54) is 16.8 Å². The van der Waals surface area contributed by atoms with Crippen LogP contribution in [0.3, 0.4) is 0 Å². The minimum atomic E-state index is -0.806. The first-order chi connectivity index (χ1) is 15.3. The van der Waals surface area contributed by atoms with Crippen LogP contribution in [0.4, 0.5) is 0 Å². The molecule has 0 bridgehead atoms. The molecule has 4 rings (SSSR count). The number of aryl methyl sites for hydroxylation is 1. The first kappa shape index (κ1) is 22.3. The number of hydrogen-bond acceptors (Lipinski definition) is 3. The van der Waals surface area contributed by atoms with E-state index >= 15 is 0 Å². The molecule has 1 amide bonds. The normalized spacial score (nSPS) is 21.7. The summed E-state index contributed by atoms with van der Waals surface area (Å²) in [4.78, 5) is 24.1. The molecule has 2 N–H and O–H groups in total. The SMILES string of the molecule is Cc1nn(Cc2ccccc2)c(C)c1[C@@H]1C=C[C@@H](NC(=O)CC2(CC(=O)O)CCCC2)C1. The van der Waals surface area contributed by atoms with Crippen molar-refractivity contribution in [1.82, 2.24) is 15.1 Å². The molecule has 1 fully saturated rings. The Kier molecular flexibility index (Phi) is 6.49. The number of amides is 1. The standard InChI is InChI=1S/C26H33N3O3/c1-18-25(19(2)29(28-18)17-20-8-4-3-5-9-20)21-10-11-22(14-21)27-23(30)15-26(16-24(31)32)12-6-7-13-26/h3-5,8-11,21-22H,6-7,12-17H2,1-2H3,(H,27,30)(H,31,32)/t21-,22-/m1/s1. The second-order valence-corrected chi connectivity index (χ2v) is 9.58. The lowest BCUT2D eigenvalue weighted by atomic mass is 9.79. The second-order valence-electron chi connectivity index (χ2n) is 9.58. The van der Waals surface area contributed by atoms with Crippen molar-refractivity contribution in [3.05, 3.63) is 65.0 Å². The van der Waals surface area contributed by atoms with E-state index < -0.39 is 5.97 Å². The number of nitrogens with zero attached hydrogens (tertiary/aromatic N) is 2. The number of nitrogens with one attached hydrogen (secondary N) is 1. The van der Waals surface area contributed by atoms with Crippen molar-refractivity contribution in [2.75, 3.05) is 0 Å². The van der Waals surface area contributed by atoms with Crippen LogP contribution in [0.2, 0.25) is 0 Å². The molecule has 1 aromatic heterocycles. The number of aromatic nitrogens is 2. The summed E-state index contributed by atoms with van der Waals surface area (Å²) >= 11 is 0. The van der Waals surface area contributed by atoms with Gasteiger partial charge in [0.2, 0.25) is 5.91 Å². The van der Waals surface area contributed by atoms with Crippen molar-refractivity contribution in [1.29, 1.82) is 0 Å². The number of carbonyl (C=O) groups excluding carboxylic acids is 1. The third-order valence-corrected chi connectivity index (χ3v) is 7.14. The van der Waals surface area contributed by atoms with E-state index in [2.05, 4.69) is 48.1 Å². The smallest absolute Gasteiger partial charge is 0.303 e. The van der Waals surface area contributed by atoms with Gasteiger partial charge in [0.25, 0.3) is 0 Å². The molecule has 2 aliphatic carbocycles. The Morgan fingerprint density at radius 2 is 1.84 bits per heavy atom. The number of rotatable bonds is 8. The van der Waals surface area contributed by atoms with Gasteiger partial charge in [-0.1, -0.05) is 55.3 Å². The average molecular weight is 436 g/mol. The molecule has 2 aliphatic rings. The number of hydrogen-bond donors (Lipinski definition) is 2. The van der Waals surface area contributed by atoms with Crippen LogP contribution in [0.25, 0.3) is 0 Å². The fourth-order valence-corrected chi connectivity index (χ4v) is 5.64. The first-order valence-electron chi connectivity index (χ1n) is 11.6. The van der Waals surface area contributed by atoms with Crippen molar-refractivity contribution in [3.8, 4) is 0 Å². The maximum Gasteiger partial charge on any atom is 0.303 e. The van der Waals surface area contributed by atoms with Crippen LogP contribution >= 0.6 is 0 Å². The summed E-state index contributed by atoms with van der Waals surface area (Å²) in [5.41, 5.74) is 4.29. The van der Waals surface area contributed by atoms with E-state index in [4.69, 9.17) is 5.10 Å². The summed E-state index contributed by atoms with van der Waals surface area (Å²) in [5.74, 6) is -0.611. The molecule has 6 nitrogen and oxygen atoms in total. The minimum Gasteiger partial charge on any atom is -0.481 e. The molecule has 6 heteroatoms. The molecule has 1 heterocycles. The lowest BCUT2D eigenvalue weighted by Gasteiger charge is -2.27. The van der Waals surface area contributed by atoms with Crippen LogP contribution in [0.15, 0.2) is 42.5 Å². The Morgan fingerprint density at radius 3 is 2.53 bits per heavy atom. The molecular weight excluding hydrogens is 402 g/mol. The zero-order chi connectivity index (χ0) is 22.7. The molecule has 0 unspecified atom stereocenters. The molecule has 0 aliphatic heterocycles. The van der Waals surface area contributed by atoms with Gasteiger partial charge in [-0.15, -0.1) is 0 Å². The Balaban J connectivity index is 1.38. The van der Waals surface area contributed by atoms with E-state index in [-0.39, 0.29) is 29.7 Å². The summed E-state index contributed by atoms with van der Waals surface area (Å²) in [6.07, 6.45) is 9.14. The number of carboxylic acids is 1. The van der Waals surface area contributed by atoms with Gasteiger partial charge in [0.15, 0.2) is 0 Å². The van der Waals surface area contributed by atoms with E-state index in [1.54, 1.807) is 0 Å². The highest BCUT2D eigenvalue weighted by atomic mass is 16.4. The Bertz CT molecular complexity index is 1000. The molecule has 0 saturated heterocycles. The van der Waals surface area contributed by atoms with Gasteiger partial charge in [0, 0.05) is 29.6 Å². The van der Waals surface area contributed by atoms with Crippen molar-refractivity contribution >= 4 is 11.9 Å². The average Bonchev–Trinajstić information content (AvgIpc) is 3.43. The summed E-state index contributed by atoms with van der Waals surface area (Å²) in [6, 6.07) is 10.3. The number of aliphatic carboxylic acids is 1. The number of allylic oxidation sites excluding steroid dienone is 1. The lowest BCUT2D eigenvalue weighted by molar-refractivity contribution is -0.140. The topological polar surface area (TPSA) is 84.2 Å². The van der Waals surface area contributed by atoms with Crippen LogP contribution in [-0.2, 0) is 16.1 Å². The van der Waals surface area contributed by atoms with Crippen molar-refractivity contribution in [2.45, 2.75) is 77.3 Å². The number of benzene rings is 1. The van der Waals surface area contributed by atoms with Crippen LogP contribution in [0, 0.1) is 19.3 Å². The van der Waals surface area contributed by atoms with E-state index in [0.717, 1.165) is 44.3 Å². The van der Waals surface area contributed by atoms with Gasteiger partial charge in [-0.2, -0.15) is 5.10 Å². The second kappa shape index (κ2) is 9.31. The van der Waals surface area contributed by atoms with Crippen molar-refractivity contribution < 1.29 is 14.7 Å². The lowest BCUT2D eigenvalue weighted by Crippen LogP contribution is -2.37. The van der Waals surface area contributed by atoms with Crippen LogP contribution in [0.5, 0.6) is 0 Å². The molecule has 0 radical (unpaired) electrons. The fourth-order valence-electron chi connectivity index (χ4n) is 5.64. The Labute approximate surface area is 189 Å². The highest BCUT2D eigenvalue weighted by Gasteiger charge is 2.38. The highest BCUT2D eigenvalue weighted by Crippen LogP contribution is 2.44. The van der Waals surface area contributed by atoms with E-state index in [9.17, 15) is 14.7 Å². The Morgan fingerprint density at radius 1 is 1.12 bits per heavy atom. The molecule has 1 saturated carbocycles. The van der Waals surface area contributed by atoms with E-state index in [0.29, 0.717) is 6.42 Å². The number of carboxylic acid groups (broad SMARTS) is 1. The zero-order valence-corrected chi connectivity index (χ0v) is 19.0. The molecule has 1 aromatic carbocycles. The van der Waals surface area contributed by atoms with E-state index in [1.807, 2.05) is 18.2 Å². The zero-order valence-electron chi connectivity index (χ0n) is 19.0. The van der Waals surface area contributed by atoms with Gasteiger partial charge in [-0.05, 0) is 44.1 Å². The molecule has 2 aromatic rings. The van der Waals surface area contributed by atoms with Crippen molar-refractivity contribution in [3.63, 3.8) is 0 Å². The summed E-state index contributed by atoms with van der Waals surface area (Å²) in [5, 5.41) is 17.2.